The fourth-order valence-electron chi connectivity index (χ4n) is 3.53. The second-order valence-corrected chi connectivity index (χ2v) is 7.07. The smallest absolute Gasteiger partial charge is 0.222 e. The third-order valence-corrected chi connectivity index (χ3v) is 5.11. The van der Waals surface area contributed by atoms with Crippen LogP contribution < -0.4 is 10.6 Å². The SMILES string of the molecule is CC(CC1CCCC1)C(=O)NCC1(C)CCNCC1. The maximum atomic E-state index is 12.2. The van der Waals surface area contributed by atoms with Crippen LogP contribution in [0.5, 0.6) is 0 Å². The Morgan fingerprint density at radius 3 is 2.58 bits per heavy atom. The highest BCUT2D eigenvalue weighted by Crippen LogP contribution is 2.31. The maximum absolute atomic E-state index is 12.2. The molecule has 2 rings (SSSR count). The van der Waals surface area contributed by atoms with Crippen LogP contribution in [0.1, 0.15) is 58.8 Å². The van der Waals surface area contributed by atoms with Gasteiger partial charge >= 0.3 is 0 Å². The van der Waals surface area contributed by atoms with Crippen molar-refractivity contribution in [1.82, 2.24) is 10.6 Å². The minimum Gasteiger partial charge on any atom is -0.355 e. The molecule has 1 saturated heterocycles. The van der Waals surface area contributed by atoms with Crippen molar-refractivity contribution in [2.45, 2.75) is 58.8 Å². The molecule has 3 heteroatoms. The van der Waals surface area contributed by atoms with Gasteiger partial charge in [0.15, 0.2) is 0 Å². The van der Waals surface area contributed by atoms with Gasteiger partial charge in [0.05, 0.1) is 0 Å². The normalized spacial score (nSPS) is 25.2. The molecule has 1 amide bonds. The van der Waals surface area contributed by atoms with E-state index in [0.29, 0.717) is 5.41 Å². The number of carbonyl (C=O) groups is 1. The van der Waals surface area contributed by atoms with Crippen LogP contribution in [0.3, 0.4) is 0 Å². The number of hydrogen-bond acceptors (Lipinski definition) is 2. The molecule has 1 saturated carbocycles. The van der Waals surface area contributed by atoms with E-state index >= 15 is 0 Å². The van der Waals surface area contributed by atoms with E-state index in [1.165, 1.54) is 38.5 Å². The highest BCUT2D eigenvalue weighted by Gasteiger charge is 2.28. The van der Waals surface area contributed by atoms with Gasteiger partial charge < -0.3 is 10.6 Å². The zero-order chi connectivity index (χ0) is 13.7. The van der Waals surface area contributed by atoms with E-state index in [1.54, 1.807) is 0 Å². The van der Waals surface area contributed by atoms with Crippen LogP contribution in [0, 0.1) is 17.3 Å². The van der Waals surface area contributed by atoms with E-state index in [2.05, 4.69) is 24.5 Å². The van der Waals surface area contributed by atoms with Gasteiger partial charge in [-0.2, -0.15) is 0 Å². The summed E-state index contributed by atoms with van der Waals surface area (Å²) in [6.07, 6.45) is 8.83. The Morgan fingerprint density at radius 2 is 1.95 bits per heavy atom. The van der Waals surface area contributed by atoms with Crippen molar-refractivity contribution >= 4 is 5.91 Å². The Balaban J connectivity index is 1.70. The summed E-state index contributed by atoms with van der Waals surface area (Å²) < 4.78 is 0. The quantitative estimate of drug-likeness (QED) is 0.803. The molecule has 1 atom stereocenters. The summed E-state index contributed by atoms with van der Waals surface area (Å²) in [6, 6.07) is 0. The van der Waals surface area contributed by atoms with Gasteiger partial charge in [0.25, 0.3) is 0 Å². The van der Waals surface area contributed by atoms with E-state index in [9.17, 15) is 4.79 Å². The zero-order valence-corrected chi connectivity index (χ0v) is 12.6. The van der Waals surface area contributed by atoms with Gasteiger partial charge in [0.1, 0.15) is 0 Å². The molecule has 2 aliphatic rings. The first-order valence-corrected chi connectivity index (χ1v) is 8.07. The topological polar surface area (TPSA) is 41.1 Å². The van der Waals surface area contributed by atoms with E-state index in [-0.39, 0.29) is 11.8 Å². The van der Waals surface area contributed by atoms with Crippen LogP contribution in [0.4, 0.5) is 0 Å². The summed E-state index contributed by atoms with van der Waals surface area (Å²) in [5, 5.41) is 6.59. The second-order valence-electron chi connectivity index (χ2n) is 7.07. The van der Waals surface area contributed by atoms with Crippen LogP contribution in [0.25, 0.3) is 0 Å². The van der Waals surface area contributed by atoms with Gasteiger partial charge in [-0.05, 0) is 43.7 Å². The van der Waals surface area contributed by atoms with Crippen molar-refractivity contribution in [3.63, 3.8) is 0 Å². The molecule has 0 aromatic carbocycles. The van der Waals surface area contributed by atoms with Gasteiger partial charge in [0.2, 0.25) is 5.91 Å². The number of amides is 1. The lowest BCUT2D eigenvalue weighted by Crippen LogP contribution is -2.44. The van der Waals surface area contributed by atoms with E-state index < -0.39 is 0 Å². The summed E-state index contributed by atoms with van der Waals surface area (Å²) in [5.74, 6) is 1.26. The Bertz CT molecular complexity index is 291. The predicted octanol–water partition coefficient (Wildman–Crippen LogP) is 2.71. The largest absolute Gasteiger partial charge is 0.355 e. The van der Waals surface area contributed by atoms with Crippen molar-refractivity contribution < 1.29 is 4.79 Å². The lowest BCUT2D eigenvalue weighted by Gasteiger charge is -2.34. The zero-order valence-electron chi connectivity index (χ0n) is 12.6. The van der Waals surface area contributed by atoms with Crippen LogP contribution in [-0.4, -0.2) is 25.5 Å². The number of nitrogens with one attached hydrogen (secondary N) is 2. The molecule has 1 aliphatic carbocycles. The van der Waals surface area contributed by atoms with Gasteiger partial charge in [-0.25, -0.2) is 0 Å². The number of hydrogen-bond donors (Lipinski definition) is 2. The van der Waals surface area contributed by atoms with Crippen molar-refractivity contribution in [2.75, 3.05) is 19.6 Å². The number of carbonyl (C=O) groups excluding carboxylic acids is 1. The van der Waals surface area contributed by atoms with E-state index in [0.717, 1.165) is 32.0 Å². The average molecular weight is 266 g/mol. The summed E-state index contributed by atoms with van der Waals surface area (Å²) in [6.45, 7) is 7.42. The lowest BCUT2D eigenvalue weighted by molar-refractivity contribution is -0.125. The van der Waals surface area contributed by atoms with Crippen LogP contribution in [-0.2, 0) is 4.79 Å². The molecule has 0 aromatic heterocycles. The van der Waals surface area contributed by atoms with Gasteiger partial charge in [-0.1, -0.05) is 39.5 Å². The number of rotatable bonds is 5. The van der Waals surface area contributed by atoms with Gasteiger partial charge in [0, 0.05) is 12.5 Å². The van der Waals surface area contributed by atoms with Crippen LogP contribution >= 0.6 is 0 Å². The molecule has 1 heterocycles. The van der Waals surface area contributed by atoms with E-state index in [4.69, 9.17) is 0 Å². The minimum absolute atomic E-state index is 0.188. The molecular formula is C16H30N2O. The van der Waals surface area contributed by atoms with Crippen molar-refractivity contribution in [3.8, 4) is 0 Å². The van der Waals surface area contributed by atoms with Gasteiger partial charge in [-0.15, -0.1) is 0 Å². The molecule has 0 radical (unpaired) electrons. The first-order valence-electron chi connectivity index (χ1n) is 8.07. The van der Waals surface area contributed by atoms with Crippen molar-refractivity contribution in [2.24, 2.45) is 17.3 Å². The monoisotopic (exact) mass is 266 g/mol. The predicted molar refractivity (Wildman–Crippen MR) is 79.0 cm³/mol. The highest BCUT2D eigenvalue weighted by molar-refractivity contribution is 5.78. The molecule has 1 unspecified atom stereocenters. The second kappa shape index (κ2) is 6.74. The first kappa shape index (κ1) is 14.8. The van der Waals surface area contributed by atoms with Crippen LogP contribution in [0.15, 0.2) is 0 Å². The molecule has 3 nitrogen and oxygen atoms in total. The summed E-state index contributed by atoms with van der Waals surface area (Å²) in [7, 11) is 0. The highest BCUT2D eigenvalue weighted by atomic mass is 16.1. The fraction of sp³-hybridized carbons (Fsp3) is 0.938. The Morgan fingerprint density at radius 1 is 1.32 bits per heavy atom. The van der Waals surface area contributed by atoms with Crippen molar-refractivity contribution in [1.29, 1.82) is 0 Å². The molecule has 2 N–H and O–H groups in total. The summed E-state index contributed by atoms with van der Waals surface area (Å²) in [5.41, 5.74) is 0.300. The number of piperidine rings is 1. The Hall–Kier alpha value is -0.570. The molecule has 1 aliphatic heterocycles. The molecule has 19 heavy (non-hydrogen) atoms. The van der Waals surface area contributed by atoms with Crippen LogP contribution in [0.2, 0.25) is 0 Å². The lowest BCUT2D eigenvalue weighted by atomic mass is 9.81. The fourth-order valence-corrected chi connectivity index (χ4v) is 3.53. The van der Waals surface area contributed by atoms with Gasteiger partial charge in [-0.3, -0.25) is 4.79 Å². The molecule has 110 valence electrons. The molecular weight excluding hydrogens is 236 g/mol. The third-order valence-electron chi connectivity index (χ3n) is 5.11. The summed E-state index contributed by atoms with van der Waals surface area (Å²) >= 11 is 0. The average Bonchev–Trinajstić information content (AvgIpc) is 2.90. The third kappa shape index (κ3) is 4.48. The Kier molecular flexibility index (Phi) is 5.26. The maximum Gasteiger partial charge on any atom is 0.222 e. The standard InChI is InChI=1S/C16H30N2O/c1-13(11-14-5-3-4-6-14)15(19)18-12-16(2)7-9-17-10-8-16/h13-14,17H,3-12H2,1-2H3,(H,18,19). The Labute approximate surface area is 117 Å². The first-order chi connectivity index (χ1) is 9.09. The molecule has 0 bridgehead atoms. The minimum atomic E-state index is 0.188. The summed E-state index contributed by atoms with van der Waals surface area (Å²) in [4.78, 5) is 12.2. The van der Waals surface area contributed by atoms with Crippen molar-refractivity contribution in [3.05, 3.63) is 0 Å². The molecule has 2 fully saturated rings. The van der Waals surface area contributed by atoms with E-state index in [1.807, 2.05) is 0 Å². The molecule has 0 spiro atoms. The molecule has 0 aromatic rings.